The maximum Gasteiger partial charge on any atom is 0.255 e. The van der Waals surface area contributed by atoms with Crippen molar-refractivity contribution in [3.63, 3.8) is 0 Å². The molecule has 3 aliphatic heterocycles. The van der Waals surface area contributed by atoms with Crippen molar-refractivity contribution in [2.24, 2.45) is 0 Å². The van der Waals surface area contributed by atoms with Gasteiger partial charge in [-0.1, -0.05) is 42.5 Å². The van der Waals surface area contributed by atoms with E-state index in [0.717, 1.165) is 24.2 Å². The SMILES string of the molecule is C[C@@H]1CC(O)(c2ccc3c(c2)CN(C2CCC(=O)NC2=O)C3=O)CCN1Cc1ccccc1. The van der Waals surface area contributed by atoms with Crippen LogP contribution in [0.15, 0.2) is 48.5 Å². The fourth-order valence-electron chi connectivity index (χ4n) is 5.45. The number of nitrogens with zero attached hydrogens (tertiary/aromatic N) is 2. The standard InChI is InChI=1S/C26H29N3O4/c1-17-14-26(33,11-12-28(17)15-18-5-3-2-4-6-18)20-7-8-21-19(13-20)16-29(25(21)32)22-9-10-23(30)27-24(22)31/h2-8,13,17,22,33H,9-12,14-16H2,1H3,(H,27,30,31)/t17-,22?,26?/m1/s1. The maximum absolute atomic E-state index is 13.0. The summed E-state index contributed by atoms with van der Waals surface area (Å²) in [5.41, 5.74) is 2.54. The molecule has 172 valence electrons. The lowest BCUT2D eigenvalue weighted by Gasteiger charge is -2.43. The van der Waals surface area contributed by atoms with Crippen LogP contribution in [0.1, 0.15) is 59.7 Å². The van der Waals surface area contributed by atoms with E-state index in [-0.39, 0.29) is 24.3 Å². The van der Waals surface area contributed by atoms with Gasteiger partial charge in [0.1, 0.15) is 6.04 Å². The molecule has 0 spiro atoms. The Morgan fingerprint density at radius 2 is 1.91 bits per heavy atom. The molecular weight excluding hydrogens is 418 g/mol. The molecule has 7 heteroatoms. The molecule has 2 fully saturated rings. The number of hydrogen-bond acceptors (Lipinski definition) is 5. The Bertz CT molecular complexity index is 1100. The summed E-state index contributed by atoms with van der Waals surface area (Å²) in [6, 6.07) is 15.5. The van der Waals surface area contributed by atoms with Crippen LogP contribution in [0.3, 0.4) is 0 Å². The number of likely N-dealkylation sites (tertiary alicyclic amines) is 1. The second kappa shape index (κ2) is 8.39. The number of hydrogen-bond donors (Lipinski definition) is 2. The number of nitrogens with one attached hydrogen (secondary N) is 1. The summed E-state index contributed by atoms with van der Waals surface area (Å²) < 4.78 is 0. The molecule has 3 aliphatic rings. The molecule has 2 saturated heterocycles. The molecule has 0 aliphatic carbocycles. The summed E-state index contributed by atoms with van der Waals surface area (Å²) in [4.78, 5) is 40.6. The highest BCUT2D eigenvalue weighted by molar-refractivity contribution is 6.05. The molecule has 2 aromatic carbocycles. The van der Waals surface area contributed by atoms with E-state index in [4.69, 9.17) is 0 Å². The molecule has 0 radical (unpaired) electrons. The van der Waals surface area contributed by atoms with E-state index in [1.54, 1.807) is 11.0 Å². The molecule has 2 aromatic rings. The summed E-state index contributed by atoms with van der Waals surface area (Å²) >= 11 is 0. The molecule has 0 bridgehead atoms. The Balaban J connectivity index is 1.31. The van der Waals surface area contributed by atoms with E-state index in [1.807, 2.05) is 30.3 Å². The highest BCUT2D eigenvalue weighted by atomic mass is 16.3. The van der Waals surface area contributed by atoms with Gasteiger partial charge >= 0.3 is 0 Å². The largest absolute Gasteiger partial charge is 0.385 e. The van der Waals surface area contributed by atoms with Crippen molar-refractivity contribution in [2.75, 3.05) is 6.54 Å². The Hall–Kier alpha value is -3.03. The molecule has 3 atom stereocenters. The van der Waals surface area contributed by atoms with Gasteiger partial charge in [0.15, 0.2) is 0 Å². The fourth-order valence-corrected chi connectivity index (χ4v) is 5.45. The zero-order valence-electron chi connectivity index (χ0n) is 18.8. The zero-order chi connectivity index (χ0) is 23.2. The minimum absolute atomic E-state index is 0.191. The van der Waals surface area contributed by atoms with E-state index < -0.39 is 17.6 Å². The molecule has 3 heterocycles. The first-order valence-corrected chi connectivity index (χ1v) is 11.6. The maximum atomic E-state index is 13.0. The summed E-state index contributed by atoms with van der Waals surface area (Å²) in [6.45, 7) is 4.11. The van der Waals surface area contributed by atoms with Crippen LogP contribution in [0.2, 0.25) is 0 Å². The number of rotatable bonds is 4. The number of carbonyl (C=O) groups excluding carboxylic acids is 3. The number of carbonyl (C=O) groups is 3. The number of fused-ring (bicyclic) bond motifs is 1. The van der Waals surface area contributed by atoms with E-state index in [9.17, 15) is 19.5 Å². The average molecular weight is 448 g/mol. The van der Waals surface area contributed by atoms with Gasteiger partial charge in [-0.25, -0.2) is 0 Å². The van der Waals surface area contributed by atoms with E-state index >= 15 is 0 Å². The molecule has 0 saturated carbocycles. The van der Waals surface area contributed by atoms with Crippen LogP contribution in [-0.4, -0.2) is 51.3 Å². The van der Waals surface area contributed by atoms with Crippen molar-refractivity contribution in [1.82, 2.24) is 15.1 Å². The molecule has 3 amide bonds. The minimum Gasteiger partial charge on any atom is -0.385 e. The summed E-state index contributed by atoms with van der Waals surface area (Å²) in [6.07, 6.45) is 1.81. The van der Waals surface area contributed by atoms with Crippen LogP contribution in [0, 0.1) is 0 Å². The summed E-state index contributed by atoms with van der Waals surface area (Å²) in [5, 5.41) is 13.9. The van der Waals surface area contributed by atoms with Crippen LogP contribution in [0.4, 0.5) is 0 Å². The van der Waals surface area contributed by atoms with Crippen molar-refractivity contribution in [2.45, 2.75) is 63.4 Å². The fraction of sp³-hybridized carbons (Fsp3) is 0.423. The first-order valence-electron chi connectivity index (χ1n) is 11.6. The van der Waals surface area contributed by atoms with E-state index in [0.29, 0.717) is 31.4 Å². The average Bonchev–Trinajstić information content (AvgIpc) is 3.12. The number of aliphatic hydroxyl groups is 1. The summed E-state index contributed by atoms with van der Waals surface area (Å²) in [7, 11) is 0. The molecule has 7 nitrogen and oxygen atoms in total. The predicted octanol–water partition coefficient (Wildman–Crippen LogP) is 2.32. The van der Waals surface area contributed by atoms with Crippen molar-refractivity contribution in [3.8, 4) is 0 Å². The molecule has 33 heavy (non-hydrogen) atoms. The zero-order valence-corrected chi connectivity index (χ0v) is 18.8. The minimum atomic E-state index is -0.952. The van der Waals surface area contributed by atoms with Crippen molar-refractivity contribution in [3.05, 3.63) is 70.8 Å². The van der Waals surface area contributed by atoms with Crippen molar-refractivity contribution in [1.29, 1.82) is 0 Å². The topological polar surface area (TPSA) is 90.0 Å². The van der Waals surface area contributed by atoms with Gasteiger partial charge in [-0.3, -0.25) is 24.6 Å². The monoisotopic (exact) mass is 447 g/mol. The van der Waals surface area contributed by atoms with Gasteiger partial charge in [-0.2, -0.15) is 0 Å². The first kappa shape index (κ1) is 21.8. The first-order chi connectivity index (χ1) is 15.8. The highest BCUT2D eigenvalue weighted by Crippen LogP contribution is 2.38. The Kier molecular flexibility index (Phi) is 5.54. The van der Waals surface area contributed by atoms with Crippen LogP contribution >= 0.6 is 0 Å². The second-order valence-electron chi connectivity index (χ2n) is 9.56. The van der Waals surface area contributed by atoms with Crippen molar-refractivity contribution < 1.29 is 19.5 Å². The number of amides is 3. The van der Waals surface area contributed by atoms with Gasteiger partial charge < -0.3 is 10.0 Å². The Morgan fingerprint density at radius 3 is 2.64 bits per heavy atom. The molecule has 0 aromatic heterocycles. The van der Waals surface area contributed by atoms with Gasteiger partial charge in [-0.15, -0.1) is 0 Å². The van der Waals surface area contributed by atoms with Gasteiger partial charge in [0.05, 0.1) is 5.60 Å². The van der Waals surface area contributed by atoms with Gasteiger partial charge in [0.25, 0.3) is 5.91 Å². The quantitative estimate of drug-likeness (QED) is 0.702. The van der Waals surface area contributed by atoms with Gasteiger partial charge in [-0.05, 0) is 48.9 Å². The van der Waals surface area contributed by atoms with Crippen LogP contribution in [-0.2, 0) is 28.3 Å². The smallest absolute Gasteiger partial charge is 0.255 e. The lowest BCUT2D eigenvalue weighted by atomic mass is 9.80. The predicted molar refractivity (Wildman–Crippen MR) is 122 cm³/mol. The molecule has 5 rings (SSSR count). The third-order valence-electron chi connectivity index (χ3n) is 7.36. The van der Waals surface area contributed by atoms with Crippen molar-refractivity contribution >= 4 is 17.7 Å². The van der Waals surface area contributed by atoms with Gasteiger partial charge in [0.2, 0.25) is 11.8 Å². The normalized spacial score (nSPS) is 28.1. The Labute approximate surface area is 193 Å². The third kappa shape index (κ3) is 4.07. The van der Waals surface area contributed by atoms with Crippen LogP contribution in [0.5, 0.6) is 0 Å². The van der Waals surface area contributed by atoms with E-state index in [1.165, 1.54) is 5.56 Å². The van der Waals surface area contributed by atoms with Crippen LogP contribution in [0.25, 0.3) is 0 Å². The second-order valence-corrected chi connectivity index (χ2v) is 9.56. The number of imide groups is 1. The highest BCUT2D eigenvalue weighted by Gasteiger charge is 2.41. The summed E-state index contributed by atoms with van der Waals surface area (Å²) in [5.74, 6) is -0.896. The number of piperidine rings is 2. The van der Waals surface area contributed by atoms with Crippen LogP contribution < -0.4 is 5.32 Å². The lowest BCUT2D eigenvalue weighted by Crippen LogP contribution is -2.52. The third-order valence-corrected chi connectivity index (χ3v) is 7.36. The van der Waals surface area contributed by atoms with Gasteiger partial charge in [0, 0.05) is 37.7 Å². The lowest BCUT2D eigenvalue weighted by molar-refractivity contribution is -0.136. The molecule has 2 unspecified atom stereocenters. The number of benzene rings is 2. The molecular formula is C26H29N3O4. The Morgan fingerprint density at radius 1 is 1.12 bits per heavy atom. The van der Waals surface area contributed by atoms with E-state index in [2.05, 4.69) is 29.3 Å². The molecule has 2 N–H and O–H groups in total.